The average Bonchev–Trinajstić information content (AvgIpc) is 2.88. The molecule has 0 spiro atoms. The number of carbonyl (C=O) groups is 1. The zero-order valence-electron chi connectivity index (χ0n) is 11.2. The predicted molar refractivity (Wildman–Crippen MR) is 86.4 cm³/mol. The monoisotopic (exact) mass is 409 g/mol. The fourth-order valence-corrected chi connectivity index (χ4v) is 3.17. The van der Waals surface area contributed by atoms with Gasteiger partial charge in [0.15, 0.2) is 0 Å². The molecule has 2 rings (SSSR count). The fourth-order valence-electron chi connectivity index (χ4n) is 2.57. The van der Waals surface area contributed by atoms with Gasteiger partial charge in [-0.3, -0.25) is 4.79 Å². The maximum absolute atomic E-state index is 12.4. The summed E-state index contributed by atoms with van der Waals surface area (Å²) in [6, 6.07) is 3.39. The summed E-state index contributed by atoms with van der Waals surface area (Å²) in [5, 5.41) is 12.8. The third-order valence-electron chi connectivity index (χ3n) is 3.70. The zero-order chi connectivity index (χ0) is 14.7. The lowest BCUT2D eigenvalue weighted by Gasteiger charge is -2.20. The first kappa shape index (κ1) is 15.9. The second-order valence-corrected chi connectivity index (χ2v) is 6.49. The average molecular weight is 410 g/mol. The Bertz CT molecular complexity index is 509. The molecule has 1 fully saturated rings. The van der Waals surface area contributed by atoms with Crippen LogP contribution in [0.25, 0.3) is 0 Å². The summed E-state index contributed by atoms with van der Waals surface area (Å²) < 4.78 is 6.09. The Kier molecular flexibility index (Phi) is 5.51. The lowest BCUT2D eigenvalue weighted by Crippen LogP contribution is -2.38. The summed E-state index contributed by atoms with van der Waals surface area (Å²) in [5.41, 5.74) is 0.432. The van der Waals surface area contributed by atoms with Crippen LogP contribution in [-0.4, -0.2) is 30.8 Å². The minimum Gasteiger partial charge on any atom is -0.496 e. The Morgan fingerprint density at radius 1 is 1.55 bits per heavy atom. The van der Waals surface area contributed by atoms with Crippen molar-refractivity contribution >= 4 is 40.1 Å². The van der Waals surface area contributed by atoms with E-state index in [0.717, 1.165) is 22.8 Å². The highest BCUT2D eigenvalue weighted by atomic mass is 127. The van der Waals surface area contributed by atoms with E-state index >= 15 is 0 Å². The second-order valence-electron chi connectivity index (χ2n) is 4.92. The van der Waals surface area contributed by atoms with E-state index in [2.05, 4.69) is 27.9 Å². The molecule has 6 heteroatoms. The van der Waals surface area contributed by atoms with E-state index in [1.807, 2.05) is 0 Å². The molecule has 1 saturated carbocycles. The van der Waals surface area contributed by atoms with Gasteiger partial charge in [-0.15, -0.1) is 0 Å². The molecule has 0 aliphatic heterocycles. The summed E-state index contributed by atoms with van der Waals surface area (Å²) in [6.07, 6.45) is 2.88. The number of methoxy groups -OCH3 is 1. The Morgan fingerprint density at radius 2 is 2.30 bits per heavy atom. The summed E-state index contributed by atoms with van der Waals surface area (Å²) in [6.45, 7) is 0.107. The number of ether oxygens (including phenoxy) is 1. The highest BCUT2D eigenvalue weighted by Gasteiger charge is 2.29. The molecule has 20 heavy (non-hydrogen) atoms. The number of hydrogen-bond acceptors (Lipinski definition) is 3. The van der Waals surface area contributed by atoms with Crippen molar-refractivity contribution in [1.82, 2.24) is 5.32 Å². The molecular formula is C14H17ClINO3. The van der Waals surface area contributed by atoms with Crippen LogP contribution in [0.15, 0.2) is 12.1 Å². The molecule has 0 radical (unpaired) electrons. The molecule has 0 bridgehead atoms. The van der Waals surface area contributed by atoms with E-state index in [0.29, 0.717) is 16.3 Å². The first-order valence-corrected chi connectivity index (χ1v) is 7.97. The molecule has 4 nitrogen and oxygen atoms in total. The van der Waals surface area contributed by atoms with Crippen LogP contribution in [0.1, 0.15) is 29.6 Å². The van der Waals surface area contributed by atoms with Gasteiger partial charge in [-0.25, -0.2) is 0 Å². The molecule has 0 saturated heterocycles. The topological polar surface area (TPSA) is 58.6 Å². The minimum absolute atomic E-state index is 0.0234. The normalized spacial score (nSPS) is 21.8. The van der Waals surface area contributed by atoms with Gasteiger partial charge in [0.25, 0.3) is 5.91 Å². The standard InChI is InChI=1S/C14H17ClINO3/c1-20-13-6-11(16)10(15)5-9(13)14(19)17-12-4-2-3-8(12)7-18/h5-6,8,12,18H,2-4,7H2,1H3,(H,17,19). The van der Waals surface area contributed by atoms with Crippen molar-refractivity contribution in [2.45, 2.75) is 25.3 Å². The largest absolute Gasteiger partial charge is 0.496 e. The number of benzene rings is 1. The Morgan fingerprint density at radius 3 is 2.95 bits per heavy atom. The number of aliphatic hydroxyl groups is 1. The van der Waals surface area contributed by atoms with Crippen LogP contribution < -0.4 is 10.1 Å². The molecule has 0 aromatic heterocycles. The highest BCUT2D eigenvalue weighted by molar-refractivity contribution is 14.1. The van der Waals surface area contributed by atoms with Gasteiger partial charge in [0.1, 0.15) is 5.75 Å². The Balaban J connectivity index is 2.18. The molecule has 1 aliphatic carbocycles. The third-order valence-corrected chi connectivity index (χ3v) is 5.22. The molecule has 2 N–H and O–H groups in total. The van der Waals surface area contributed by atoms with Crippen molar-refractivity contribution in [3.05, 3.63) is 26.3 Å². The Labute approximate surface area is 137 Å². The van der Waals surface area contributed by atoms with Crippen LogP contribution >= 0.6 is 34.2 Å². The van der Waals surface area contributed by atoms with Crippen LogP contribution in [0.5, 0.6) is 5.75 Å². The highest BCUT2D eigenvalue weighted by Crippen LogP contribution is 2.30. The summed E-state index contributed by atoms with van der Waals surface area (Å²) in [4.78, 5) is 12.4. The van der Waals surface area contributed by atoms with E-state index in [4.69, 9.17) is 16.3 Å². The van der Waals surface area contributed by atoms with Gasteiger partial charge in [-0.2, -0.15) is 0 Å². The van der Waals surface area contributed by atoms with Crippen molar-refractivity contribution in [3.8, 4) is 5.75 Å². The second kappa shape index (κ2) is 6.95. The SMILES string of the molecule is COc1cc(I)c(Cl)cc1C(=O)NC1CCCC1CO. The lowest BCUT2D eigenvalue weighted by atomic mass is 10.0. The zero-order valence-corrected chi connectivity index (χ0v) is 14.1. The number of halogens is 2. The quantitative estimate of drug-likeness (QED) is 0.752. The number of aliphatic hydroxyl groups excluding tert-OH is 1. The number of amides is 1. The van der Waals surface area contributed by atoms with E-state index in [-0.39, 0.29) is 24.5 Å². The van der Waals surface area contributed by atoms with Crippen molar-refractivity contribution in [1.29, 1.82) is 0 Å². The van der Waals surface area contributed by atoms with Crippen LogP contribution in [0, 0.1) is 9.49 Å². The molecule has 110 valence electrons. The van der Waals surface area contributed by atoms with Crippen molar-refractivity contribution in [2.75, 3.05) is 13.7 Å². The summed E-state index contributed by atoms with van der Waals surface area (Å²) in [7, 11) is 1.53. The van der Waals surface area contributed by atoms with Crippen LogP contribution in [0.3, 0.4) is 0 Å². The predicted octanol–water partition coefficient (Wildman–Crippen LogP) is 2.84. The molecule has 2 unspecified atom stereocenters. The number of rotatable bonds is 4. The first-order chi connectivity index (χ1) is 9.56. The van der Waals surface area contributed by atoms with E-state index in [9.17, 15) is 9.90 Å². The number of nitrogens with one attached hydrogen (secondary N) is 1. The summed E-state index contributed by atoms with van der Waals surface area (Å²) in [5.74, 6) is 0.449. The maximum Gasteiger partial charge on any atom is 0.255 e. The Hall–Kier alpha value is -0.530. The molecule has 1 aliphatic rings. The summed E-state index contributed by atoms with van der Waals surface area (Å²) >= 11 is 8.17. The third kappa shape index (κ3) is 3.38. The van der Waals surface area contributed by atoms with Crippen LogP contribution in [0.2, 0.25) is 5.02 Å². The van der Waals surface area contributed by atoms with Crippen LogP contribution in [-0.2, 0) is 0 Å². The molecule has 0 heterocycles. The van der Waals surface area contributed by atoms with E-state index in [1.54, 1.807) is 12.1 Å². The van der Waals surface area contributed by atoms with Crippen LogP contribution in [0.4, 0.5) is 0 Å². The van der Waals surface area contributed by atoms with Gasteiger partial charge >= 0.3 is 0 Å². The molecular weight excluding hydrogens is 393 g/mol. The van der Waals surface area contributed by atoms with Crippen molar-refractivity contribution in [2.24, 2.45) is 5.92 Å². The van der Waals surface area contributed by atoms with Crippen molar-refractivity contribution < 1.29 is 14.6 Å². The maximum atomic E-state index is 12.4. The van der Waals surface area contributed by atoms with E-state index in [1.165, 1.54) is 7.11 Å². The van der Waals surface area contributed by atoms with Crippen molar-refractivity contribution in [3.63, 3.8) is 0 Å². The molecule has 2 atom stereocenters. The minimum atomic E-state index is -0.203. The number of hydrogen-bond donors (Lipinski definition) is 2. The van der Waals surface area contributed by atoms with Gasteiger partial charge in [0, 0.05) is 22.1 Å². The van der Waals surface area contributed by atoms with Gasteiger partial charge in [-0.1, -0.05) is 18.0 Å². The van der Waals surface area contributed by atoms with Gasteiger partial charge in [0.05, 0.1) is 17.7 Å². The smallest absolute Gasteiger partial charge is 0.255 e. The number of carbonyl (C=O) groups excluding carboxylic acids is 1. The van der Waals surface area contributed by atoms with E-state index < -0.39 is 0 Å². The van der Waals surface area contributed by atoms with Gasteiger partial charge in [-0.05, 0) is 47.6 Å². The lowest BCUT2D eigenvalue weighted by molar-refractivity contribution is 0.0913. The molecule has 1 aromatic carbocycles. The molecule has 1 amide bonds. The first-order valence-electron chi connectivity index (χ1n) is 6.51. The fraction of sp³-hybridized carbons (Fsp3) is 0.500. The van der Waals surface area contributed by atoms with Gasteiger partial charge < -0.3 is 15.2 Å². The molecule has 1 aromatic rings. The van der Waals surface area contributed by atoms with Gasteiger partial charge in [0.2, 0.25) is 0 Å².